The topological polar surface area (TPSA) is 57.7 Å². The molecule has 2 fully saturated rings. The van der Waals surface area contributed by atoms with Gasteiger partial charge in [-0.05, 0) is 42.5 Å². The summed E-state index contributed by atoms with van der Waals surface area (Å²) in [5.74, 6) is 0.107. The summed E-state index contributed by atoms with van der Waals surface area (Å²) in [5, 5.41) is 2.00. The molecule has 0 bridgehead atoms. The van der Waals surface area contributed by atoms with Gasteiger partial charge in [-0.3, -0.25) is 14.4 Å². The maximum absolute atomic E-state index is 13.4. The van der Waals surface area contributed by atoms with Gasteiger partial charge < -0.3 is 9.80 Å². The van der Waals surface area contributed by atoms with Gasteiger partial charge in [-0.15, -0.1) is 0 Å². The van der Waals surface area contributed by atoms with Crippen molar-refractivity contribution < 1.29 is 14.4 Å². The van der Waals surface area contributed by atoms with Gasteiger partial charge in [0.1, 0.15) is 0 Å². The lowest BCUT2D eigenvalue weighted by Crippen LogP contribution is -2.49. The molecule has 3 aromatic rings. The Hall–Kier alpha value is -3.47. The summed E-state index contributed by atoms with van der Waals surface area (Å²) in [6.45, 7) is 2.36. The van der Waals surface area contributed by atoms with Crippen LogP contribution in [0.25, 0.3) is 10.8 Å². The maximum Gasteiger partial charge on any atom is 0.254 e. The highest BCUT2D eigenvalue weighted by Crippen LogP contribution is 2.27. The van der Waals surface area contributed by atoms with Crippen LogP contribution >= 0.6 is 0 Å². The van der Waals surface area contributed by atoms with Crippen LogP contribution in [0.2, 0.25) is 0 Å². The van der Waals surface area contributed by atoms with Crippen LogP contribution in [0, 0.1) is 11.8 Å². The molecule has 2 saturated heterocycles. The first-order valence-corrected chi connectivity index (χ1v) is 12.3. The predicted molar refractivity (Wildman–Crippen MR) is 133 cm³/mol. The average Bonchev–Trinajstić information content (AvgIpc) is 2.92. The molecule has 34 heavy (non-hydrogen) atoms. The fourth-order valence-corrected chi connectivity index (χ4v) is 5.40. The van der Waals surface area contributed by atoms with Crippen LogP contribution < -0.4 is 0 Å². The third kappa shape index (κ3) is 4.47. The first-order chi connectivity index (χ1) is 16.6. The lowest BCUT2D eigenvalue weighted by Gasteiger charge is -2.37. The number of fused-ring (bicyclic) bond motifs is 1. The molecule has 0 aromatic heterocycles. The number of amides is 2. The molecule has 2 heterocycles. The van der Waals surface area contributed by atoms with Gasteiger partial charge in [0.15, 0.2) is 5.78 Å². The van der Waals surface area contributed by atoms with Crippen molar-refractivity contribution in [3.8, 4) is 0 Å². The van der Waals surface area contributed by atoms with Crippen LogP contribution in [0.3, 0.4) is 0 Å². The van der Waals surface area contributed by atoms with Crippen molar-refractivity contribution in [1.82, 2.24) is 9.80 Å². The Morgan fingerprint density at radius 3 is 2.18 bits per heavy atom. The van der Waals surface area contributed by atoms with Gasteiger partial charge in [-0.1, -0.05) is 66.7 Å². The van der Waals surface area contributed by atoms with E-state index in [-0.39, 0.29) is 29.4 Å². The first kappa shape index (κ1) is 22.3. The number of carbonyl (C=O) groups excluding carboxylic acids is 3. The first-order valence-electron chi connectivity index (χ1n) is 12.3. The van der Waals surface area contributed by atoms with E-state index < -0.39 is 0 Å². The molecule has 0 aliphatic carbocycles. The predicted octanol–water partition coefficient (Wildman–Crippen LogP) is 4.81. The Kier molecular flexibility index (Phi) is 6.43. The van der Waals surface area contributed by atoms with Crippen LogP contribution in [-0.2, 0) is 4.79 Å². The molecule has 1 atom stereocenters. The fraction of sp³-hybridized carbons (Fsp3) is 0.345. The van der Waals surface area contributed by atoms with E-state index in [1.807, 2.05) is 82.6 Å². The molecule has 0 spiro atoms. The van der Waals surface area contributed by atoms with Gasteiger partial charge in [0.25, 0.3) is 5.91 Å². The van der Waals surface area contributed by atoms with E-state index >= 15 is 0 Å². The van der Waals surface area contributed by atoms with E-state index in [1.165, 1.54) is 0 Å². The molecule has 2 amide bonds. The summed E-state index contributed by atoms with van der Waals surface area (Å²) in [6.07, 6.45) is 3.03. The minimum absolute atomic E-state index is 0.00136. The highest BCUT2D eigenvalue weighted by molar-refractivity contribution is 6.07. The number of likely N-dealkylation sites (tertiary alicyclic amines) is 2. The molecule has 0 N–H and O–H groups in total. The minimum atomic E-state index is -0.172. The molecular weight excluding hydrogens is 424 g/mol. The number of nitrogens with zero attached hydrogens (tertiary/aromatic N) is 2. The summed E-state index contributed by atoms with van der Waals surface area (Å²) in [6, 6.07) is 23.2. The Balaban J connectivity index is 1.22. The molecule has 2 aliphatic heterocycles. The third-order valence-electron chi connectivity index (χ3n) is 7.31. The number of hydrogen-bond donors (Lipinski definition) is 0. The molecule has 5 rings (SSSR count). The standard InChI is InChI=1S/C29H30N2O3/c32-27(22-9-2-1-3-10-22)23-15-18-30(19-16-23)28(33)24-12-7-17-31(20-24)29(34)26-14-6-11-21-8-4-5-13-25(21)26/h1-6,8-11,13-14,23-24H,7,12,15-20H2. The van der Waals surface area contributed by atoms with Gasteiger partial charge in [-0.2, -0.15) is 0 Å². The quantitative estimate of drug-likeness (QED) is 0.532. The molecule has 5 heteroatoms. The number of ketones is 1. The monoisotopic (exact) mass is 454 g/mol. The largest absolute Gasteiger partial charge is 0.342 e. The fourth-order valence-electron chi connectivity index (χ4n) is 5.40. The molecule has 2 aliphatic rings. The summed E-state index contributed by atoms with van der Waals surface area (Å²) in [4.78, 5) is 43.2. The van der Waals surface area contributed by atoms with Gasteiger partial charge in [0.05, 0.1) is 5.92 Å². The van der Waals surface area contributed by atoms with Crippen LogP contribution in [0.15, 0.2) is 72.8 Å². The zero-order valence-electron chi connectivity index (χ0n) is 19.4. The van der Waals surface area contributed by atoms with Gasteiger partial charge >= 0.3 is 0 Å². The number of Topliss-reactive ketones (excluding diaryl/α,β-unsaturated/α-hetero) is 1. The van der Waals surface area contributed by atoms with E-state index in [2.05, 4.69) is 0 Å². The van der Waals surface area contributed by atoms with Gasteiger partial charge in [0.2, 0.25) is 5.91 Å². The molecule has 174 valence electrons. The second-order valence-corrected chi connectivity index (χ2v) is 9.45. The van der Waals surface area contributed by atoms with Crippen molar-refractivity contribution in [3.05, 3.63) is 83.9 Å². The Bertz CT molecular complexity index is 1190. The highest BCUT2D eigenvalue weighted by atomic mass is 16.2. The number of hydrogen-bond acceptors (Lipinski definition) is 3. The van der Waals surface area contributed by atoms with Crippen molar-refractivity contribution in [1.29, 1.82) is 0 Å². The lowest BCUT2D eigenvalue weighted by molar-refractivity contribution is -0.138. The second kappa shape index (κ2) is 9.80. The number of piperidine rings is 2. The van der Waals surface area contributed by atoms with Gasteiger partial charge in [-0.25, -0.2) is 0 Å². The number of rotatable bonds is 4. The normalized spacial score (nSPS) is 19.2. The summed E-state index contributed by atoms with van der Waals surface area (Å²) in [7, 11) is 0. The van der Waals surface area contributed by atoms with Crippen LogP contribution in [-0.4, -0.2) is 53.6 Å². The summed E-state index contributed by atoms with van der Waals surface area (Å²) in [5.41, 5.74) is 1.45. The van der Waals surface area contributed by atoms with Crippen molar-refractivity contribution in [2.45, 2.75) is 25.7 Å². The summed E-state index contributed by atoms with van der Waals surface area (Å²) < 4.78 is 0. The molecule has 3 aromatic carbocycles. The molecule has 5 nitrogen and oxygen atoms in total. The van der Waals surface area contributed by atoms with Crippen LogP contribution in [0.5, 0.6) is 0 Å². The highest BCUT2D eigenvalue weighted by Gasteiger charge is 2.34. The SMILES string of the molecule is O=C(c1ccccc1)C1CCN(C(=O)C2CCCN(C(=O)c3cccc4ccccc34)C2)CC1. The van der Waals surface area contributed by atoms with E-state index in [1.54, 1.807) is 0 Å². The van der Waals surface area contributed by atoms with Crippen molar-refractivity contribution in [2.24, 2.45) is 11.8 Å². The van der Waals surface area contributed by atoms with E-state index in [4.69, 9.17) is 0 Å². The zero-order valence-corrected chi connectivity index (χ0v) is 19.4. The van der Waals surface area contributed by atoms with Crippen molar-refractivity contribution in [3.63, 3.8) is 0 Å². The Morgan fingerprint density at radius 1 is 0.676 bits per heavy atom. The third-order valence-corrected chi connectivity index (χ3v) is 7.31. The molecular formula is C29H30N2O3. The molecule has 1 unspecified atom stereocenters. The molecule has 0 saturated carbocycles. The summed E-state index contributed by atoms with van der Waals surface area (Å²) >= 11 is 0. The maximum atomic E-state index is 13.4. The van der Waals surface area contributed by atoms with E-state index in [0.717, 1.165) is 29.2 Å². The molecule has 0 radical (unpaired) electrons. The smallest absolute Gasteiger partial charge is 0.254 e. The van der Waals surface area contributed by atoms with Gasteiger partial charge in [0, 0.05) is 43.2 Å². The number of carbonyl (C=O) groups is 3. The van der Waals surface area contributed by atoms with Crippen LogP contribution in [0.4, 0.5) is 0 Å². The van der Waals surface area contributed by atoms with E-state index in [9.17, 15) is 14.4 Å². The zero-order chi connectivity index (χ0) is 23.5. The van der Waals surface area contributed by atoms with Crippen LogP contribution in [0.1, 0.15) is 46.4 Å². The van der Waals surface area contributed by atoms with Crippen molar-refractivity contribution >= 4 is 28.4 Å². The Labute approximate surface area is 200 Å². The minimum Gasteiger partial charge on any atom is -0.342 e. The van der Waals surface area contributed by atoms with E-state index in [0.29, 0.717) is 44.6 Å². The van der Waals surface area contributed by atoms with Crippen molar-refractivity contribution in [2.75, 3.05) is 26.2 Å². The average molecular weight is 455 g/mol. The second-order valence-electron chi connectivity index (χ2n) is 9.45. The Morgan fingerprint density at radius 2 is 1.38 bits per heavy atom. The number of benzene rings is 3. The lowest BCUT2D eigenvalue weighted by atomic mass is 9.87.